The number of hydrogen-bond acceptors (Lipinski definition) is 5. The Morgan fingerprint density at radius 1 is 0.949 bits per heavy atom. The van der Waals surface area contributed by atoms with Gasteiger partial charge in [0.25, 0.3) is 0 Å². The fourth-order valence-electron chi connectivity index (χ4n) is 5.17. The quantitative estimate of drug-likeness (QED) is 0.248. The van der Waals surface area contributed by atoms with Crippen molar-refractivity contribution in [1.29, 1.82) is 0 Å². The van der Waals surface area contributed by atoms with E-state index in [1.165, 1.54) is 19.1 Å². The number of nitrogens with zero attached hydrogens (tertiary/aromatic N) is 2. The number of carbonyl (C=O) groups excluding carboxylic acids is 2. The first kappa shape index (κ1) is 26.1. The molecule has 0 bridgehead atoms. The van der Waals surface area contributed by atoms with Gasteiger partial charge in [-0.15, -0.1) is 0 Å². The first-order chi connectivity index (χ1) is 18.8. The second-order valence-corrected chi connectivity index (χ2v) is 9.80. The molecule has 0 spiro atoms. The number of aromatic hydroxyl groups is 1. The van der Waals surface area contributed by atoms with Gasteiger partial charge in [0.15, 0.2) is 5.78 Å². The molecule has 0 saturated heterocycles. The summed E-state index contributed by atoms with van der Waals surface area (Å²) in [6.07, 6.45) is 6.28. The molecule has 7 heteroatoms. The van der Waals surface area contributed by atoms with Gasteiger partial charge in [-0.3, -0.25) is 19.6 Å². The molecule has 2 aromatic carbocycles. The number of carbonyl (C=O) groups is 2. The number of rotatable bonds is 9. The van der Waals surface area contributed by atoms with Gasteiger partial charge in [-0.25, -0.2) is 8.78 Å². The van der Waals surface area contributed by atoms with E-state index in [4.69, 9.17) is 0 Å². The number of fused-ring (bicyclic) bond motifs is 1. The summed E-state index contributed by atoms with van der Waals surface area (Å²) in [5.41, 5.74) is 5.50. The highest BCUT2D eigenvalue weighted by molar-refractivity contribution is 5.94. The largest absolute Gasteiger partial charge is 0.508 e. The van der Waals surface area contributed by atoms with E-state index in [0.717, 1.165) is 22.8 Å². The molecule has 0 amide bonds. The third-order valence-corrected chi connectivity index (χ3v) is 6.93. The van der Waals surface area contributed by atoms with Crippen LogP contribution in [-0.2, 0) is 17.6 Å². The summed E-state index contributed by atoms with van der Waals surface area (Å²) < 4.78 is 28.1. The van der Waals surface area contributed by atoms with Crippen molar-refractivity contribution in [3.63, 3.8) is 0 Å². The van der Waals surface area contributed by atoms with Gasteiger partial charge >= 0.3 is 0 Å². The van der Waals surface area contributed by atoms with Crippen LogP contribution in [0.2, 0.25) is 0 Å². The number of phenols is 1. The van der Waals surface area contributed by atoms with Crippen LogP contribution in [0.25, 0.3) is 16.7 Å². The van der Waals surface area contributed by atoms with Crippen LogP contribution in [0.1, 0.15) is 58.6 Å². The van der Waals surface area contributed by atoms with Crippen molar-refractivity contribution in [2.75, 3.05) is 0 Å². The minimum Gasteiger partial charge on any atom is -0.508 e. The van der Waals surface area contributed by atoms with Gasteiger partial charge in [-0.1, -0.05) is 18.2 Å². The highest BCUT2D eigenvalue weighted by Gasteiger charge is 2.25. The maximum Gasteiger partial charge on any atom is 0.178 e. The summed E-state index contributed by atoms with van der Waals surface area (Å²) >= 11 is 0. The van der Waals surface area contributed by atoms with Crippen LogP contribution >= 0.6 is 0 Å². The Morgan fingerprint density at radius 2 is 1.74 bits per heavy atom. The van der Waals surface area contributed by atoms with E-state index >= 15 is 0 Å². The van der Waals surface area contributed by atoms with Crippen LogP contribution in [0.4, 0.5) is 8.78 Å². The molecule has 196 valence electrons. The summed E-state index contributed by atoms with van der Waals surface area (Å²) in [5.74, 6) is -1.97. The molecule has 1 atom stereocenters. The molecule has 2 aromatic heterocycles. The molecule has 5 nitrogen and oxygen atoms in total. The fraction of sp³-hybridized carbons (Fsp3) is 0.188. The van der Waals surface area contributed by atoms with Crippen molar-refractivity contribution < 1.29 is 23.5 Å². The molecule has 39 heavy (non-hydrogen) atoms. The van der Waals surface area contributed by atoms with Crippen LogP contribution in [0, 0.1) is 11.6 Å². The molecule has 0 fully saturated rings. The first-order valence-corrected chi connectivity index (χ1v) is 12.7. The number of ketones is 2. The lowest BCUT2D eigenvalue weighted by Gasteiger charge is -2.20. The Labute approximate surface area is 224 Å². The van der Waals surface area contributed by atoms with Gasteiger partial charge in [-0.05, 0) is 83.1 Å². The van der Waals surface area contributed by atoms with E-state index in [1.807, 2.05) is 18.2 Å². The number of allylic oxidation sites excluding steroid dienone is 2. The number of aromatic nitrogens is 2. The zero-order chi connectivity index (χ0) is 27.5. The topological polar surface area (TPSA) is 80.2 Å². The molecule has 0 unspecified atom stereocenters. The lowest BCUT2D eigenvalue weighted by Crippen LogP contribution is -2.13. The van der Waals surface area contributed by atoms with Gasteiger partial charge in [0.1, 0.15) is 28.9 Å². The predicted molar refractivity (Wildman–Crippen MR) is 144 cm³/mol. The smallest absolute Gasteiger partial charge is 0.178 e. The summed E-state index contributed by atoms with van der Waals surface area (Å²) in [4.78, 5) is 34.2. The number of pyridine rings is 2. The van der Waals surface area contributed by atoms with Gasteiger partial charge in [0.05, 0.1) is 5.69 Å². The molecule has 1 aliphatic carbocycles. The minimum absolute atomic E-state index is 0.0601. The lowest BCUT2D eigenvalue weighted by atomic mass is 9.85. The van der Waals surface area contributed by atoms with Crippen LogP contribution in [0.3, 0.4) is 0 Å². The normalized spacial score (nSPS) is 13.1. The van der Waals surface area contributed by atoms with E-state index < -0.39 is 17.6 Å². The maximum absolute atomic E-state index is 14.1. The molecule has 1 aliphatic rings. The standard InChI is InChI=1S/C32H26F2N2O3/c1-19(37)31-16-23(8-10-35-31)29-3-2-9-36-32(29)24(11-20-12-25(33)17-26(34)13-20)15-28(39)14-22-5-4-21-6-7-27(38)18-30(21)22/h2-3,5-10,12-13,16-18,24,38H,4,11,14-15H2,1H3/t24-/m1/s1. The summed E-state index contributed by atoms with van der Waals surface area (Å²) in [5, 5.41) is 9.94. The van der Waals surface area contributed by atoms with Crippen LogP contribution < -0.4 is 0 Å². The Hall–Kier alpha value is -4.52. The Morgan fingerprint density at radius 3 is 2.51 bits per heavy atom. The average Bonchev–Trinajstić information content (AvgIpc) is 3.29. The van der Waals surface area contributed by atoms with Crippen molar-refractivity contribution in [3.8, 4) is 16.9 Å². The number of Topliss-reactive ketones (excluding diaryl/α,β-unsaturated/α-hetero) is 2. The highest BCUT2D eigenvalue weighted by Crippen LogP contribution is 2.36. The van der Waals surface area contributed by atoms with Gasteiger partial charge in [0, 0.05) is 49.7 Å². The van der Waals surface area contributed by atoms with E-state index in [2.05, 4.69) is 9.97 Å². The number of halogens is 2. The average molecular weight is 525 g/mol. The third-order valence-electron chi connectivity index (χ3n) is 6.93. The van der Waals surface area contributed by atoms with Crippen molar-refractivity contribution in [2.24, 2.45) is 0 Å². The summed E-state index contributed by atoms with van der Waals surface area (Å²) in [6.45, 7) is 1.44. The molecule has 0 saturated carbocycles. The molecule has 0 aliphatic heterocycles. The Balaban J connectivity index is 1.49. The van der Waals surface area contributed by atoms with Crippen LogP contribution in [-0.4, -0.2) is 26.6 Å². The van der Waals surface area contributed by atoms with Crippen molar-refractivity contribution in [2.45, 2.75) is 38.5 Å². The zero-order valence-corrected chi connectivity index (χ0v) is 21.3. The van der Waals surface area contributed by atoms with Crippen molar-refractivity contribution in [1.82, 2.24) is 9.97 Å². The number of benzene rings is 2. The van der Waals surface area contributed by atoms with Crippen molar-refractivity contribution in [3.05, 3.63) is 119 Å². The van der Waals surface area contributed by atoms with Gasteiger partial charge < -0.3 is 5.11 Å². The number of hydrogen-bond donors (Lipinski definition) is 1. The molecule has 5 rings (SSSR count). The second kappa shape index (κ2) is 11.1. The maximum atomic E-state index is 14.1. The molecular formula is C32H26F2N2O3. The number of phenolic OH excluding ortho intramolecular Hbond substituents is 1. The second-order valence-electron chi connectivity index (χ2n) is 9.80. The third kappa shape index (κ3) is 5.98. The van der Waals surface area contributed by atoms with E-state index in [9.17, 15) is 23.5 Å². The zero-order valence-electron chi connectivity index (χ0n) is 21.3. The highest BCUT2D eigenvalue weighted by atomic mass is 19.1. The van der Waals surface area contributed by atoms with Crippen molar-refractivity contribution >= 4 is 17.1 Å². The van der Waals surface area contributed by atoms with Crippen LogP contribution in [0.15, 0.2) is 79.1 Å². The van der Waals surface area contributed by atoms with E-state index in [1.54, 1.807) is 42.7 Å². The first-order valence-electron chi connectivity index (χ1n) is 12.7. The fourth-order valence-corrected chi connectivity index (χ4v) is 5.17. The predicted octanol–water partition coefficient (Wildman–Crippen LogP) is 6.65. The molecule has 1 N–H and O–H groups in total. The molecule has 2 heterocycles. The van der Waals surface area contributed by atoms with Crippen LogP contribution in [0.5, 0.6) is 5.75 Å². The summed E-state index contributed by atoms with van der Waals surface area (Å²) in [7, 11) is 0. The SMILES string of the molecule is CC(=O)c1cc(-c2cccnc2[C@@H](CC(=O)CC2=CCc3ccc(O)cc32)Cc2cc(F)cc(F)c2)ccn1. The molecular weight excluding hydrogens is 498 g/mol. The van der Waals surface area contributed by atoms with Gasteiger partial charge in [0.2, 0.25) is 0 Å². The van der Waals surface area contributed by atoms with E-state index in [-0.39, 0.29) is 36.6 Å². The van der Waals surface area contributed by atoms with Gasteiger partial charge in [-0.2, -0.15) is 0 Å². The molecule has 0 radical (unpaired) electrons. The minimum atomic E-state index is -0.691. The Bertz CT molecular complexity index is 1590. The molecule has 4 aromatic rings. The monoisotopic (exact) mass is 524 g/mol. The summed E-state index contributed by atoms with van der Waals surface area (Å²) in [6, 6.07) is 15.6. The Kier molecular flexibility index (Phi) is 7.41. The van der Waals surface area contributed by atoms with E-state index in [0.29, 0.717) is 34.5 Å². The lowest BCUT2D eigenvalue weighted by molar-refractivity contribution is -0.118.